The van der Waals surface area contributed by atoms with Crippen molar-refractivity contribution in [2.75, 3.05) is 11.9 Å². The van der Waals surface area contributed by atoms with Crippen LogP contribution in [0.15, 0.2) is 42.6 Å². The van der Waals surface area contributed by atoms with E-state index in [9.17, 15) is 0 Å². The summed E-state index contributed by atoms with van der Waals surface area (Å²) >= 11 is 6.09. The molecule has 2 aromatic heterocycles. The highest BCUT2D eigenvalue weighted by molar-refractivity contribution is 6.30. The predicted octanol–water partition coefficient (Wildman–Crippen LogP) is 4.39. The second-order valence-electron chi connectivity index (χ2n) is 4.78. The number of benzene rings is 1. The lowest BCUT2D eigenvalue weighted by atomic mass is 10.1. The highest BCUT2D eigenvalue weighted by atomic mass is 35.5. The lowest BCUT2D eigenvalue weighted by Gasteiger charge is -2.07. The van der Waals surface area contributed by atoms with Gasteiger partial charge in [-0.2, -0.15) is 0 Å². The molecule has 0 spiro atoms. The van der Waals surface area contributed by atoms with Gasteiger partial charge in [-0.1, -0.05) is 29.8 Å². The van der Waals surface area contributed by atoms with E-state index in [-0.39, 0.29) is 0 Å². The van der Waals surface area contributed by atoms with Gasteiger partial charge in [0.1, 0.15) is 17.2 Å². The van der Waals surface area contributed by atoms with Crippen molar-refractivity contribution in [3.8, 4) is 11.3 Å². The van der Waals surface area contributed by atoms with E-state index in [2.05, 4.69) is 35.8 Å². The van der Waals surface area contributed by atoms with Gasteiger partial charge in [-0.15, -0.1) is 0 Å². The summed E-state index contributed by atoms with van der Waals surface area (Å²) < 4.78 is 2.09. The molecule has 3 rings (SSSR count). The number of aromatic nitrogens is 2. The van der Waals surface area contributed by atoms with E-state index >= 15 is 0 Å². The third-order valence-corrected chi connectivity index (χ3v) is 3.44. The Morgan fingerprint density at radius 2 is 2.10 bits per heavy atom. The Morgan fingerprint density at radius 3 is 2.85 bits per heavy atom. The number of hydrogen-bond acceptors (Lipinski definition) is 2. The van der Waals surface area contributed by atoms with Crippen molar-refractivity contribution in [1.29, 1.82) is 0 Å². The molecule has 4 heteroatoms. The zero-order chi connectivity index (χ0) is 14.1. The molecular weight excluding hydrogens is 270 g/mol. The van der Waals surface area contributed by atoms with Crippen LogP contribution in [0.3, 0.4) is 0 Å². The molecule has 0 saturated carbocycles. The molecule has 3 nitrogen and oxygen atoms in total. The van der Waals surface area contributed by atoms with Crippen molar-refractivity contribution in [1.82, 2.24) is 9.38 Å². The van der Waals surface area contributed by atoms with E-state index < -0.39 is 0 Å². The van der Waals surface area contributed by atoms with Crippen molar-refractivity contribution in [3.63, 3.8) is 0 Å². The molecule has 1 aromatic carbocycles. The molecule has 0 aliphatic heterocycles. The minimum absolute atomic E-state index is 0.721. The average molecular weight is 286 g/mol. The second kappa shape index (κ2) is 5.17. The maximum absolute atomic E-state index is 6.09. The fourth-order valence-corrected chi connectivity index (χ4v) is 2.51. The van der Waals surface area contributed by atoms with Crippen LogP contribution in [0.2, 0.25) is 5.02 Å². The number of aryl methyl sites for hydroxylation is 1. The zero-order valence-electron chi connectivity index (χ0n) is 11.5. The Morgan fingerprint density at radius 1 is 1.25 bits per heavy atom. The molecule has 0 amide bonds. The van der Waals surface area contributed by atoms with Crippen LogP contribution in [0.4, 0.5) is 5.82 Å². The van der Waals surface area contributed by atoms with Crippen LogP contribution in [0.25, 0.3) is 16.9 Å². The number of hydrogen-bond donors (Lipinski definition) is 1. The first kappa shape index (κ1) is 13.0. The van der Waals surface area contributed by atoms with Crippen LogP contribution in [0, 0.1) is 6.92 Å². The molecule has 0 fully saturated rings. The Bertz CT molecular complexity index is 762. The Hall–Kier alpha value is -2.00. The van der Waals surface area contributed by atoms with E-state index in [0.29, 0.717) is 0 Å². The van der Waals surface area contributed by atoms with Gasteiger partial charge in [0.05, 0.1) is 0 Å². The van der Waals surface area contributed by atoms with Crippen molar-refractivity contribution in [3.05, 3.63) is 53.2 Å². The number of fused-ring (bicyclic) bond motifs is 1. The molecule has 0 radical (unpaired) electrons. The predicted molar refractivity (Wildman–Crippen MR) is 84.5 cm³/mol. The molecular formula is C16H16ClN3. The number of pyridine rings is 1. The molecule has 0 aliphatic rings. The van der Waals surface area contributed by atoms with Gasteiger partial charge >= 0.3 is 0 Å². The highest BCUT2D eigenvalue weighted by Crippen LogP contribution is 2.30. The molecule has 102 valence electrons. The van der Waals surface area contributed by atoms with Gasteiger partial charge in [0.2, 0.25) is 0 Å². The van der Waals surface area contributed by atoms with E-state index in [1.165, 1.54) is 5.56 Å². The fraction of sp³-hybridized carbons (Fsp3) is 0.188. The second-order valence-corrected chi connectivity index (χ2v) is 5.22. The summed E-state index contributed by atoms with van der Waals surface area (Å²) in [5.41, 5.74) is 4.09. The number of halogens is 1. The van der Waals surface area contributed by atoms with E-state index in [4.69, 9.17) is 16.6 Å². The van der Waals surface area contributed by atoms with Crippen molar-refractivity contribution < 1.29 is 0 Å². The van der Waals surface area contributed by atoms with Gasteiger partial charge in [0, 0.05) is 23.3 Å². The third-order valence-electron chi connectivity index (χ3n) is 3.21. The van der Waals surface area contributed by atoms with E-state index in [1.807, 2.05) is 30.3 Å². The van der Waals surface area contributed by atoms with Gasteiger partial charge in [-0.25, -0.2) is 4.98 Å². The molecule has 0 aliphatic carbocycles. The first-order chi connectivity index (χ1) is 9.69. The number of nitrogens with one attached hydrogen (secondary N) is 1. The standard InChI is InChI=1S/C16H16ClN3/c1-3-18-16-15(12-5-4-6-13(17)9-12)19-14-8-7-11(2)10-20(14)16/h4-10,18H,3H2,1-2H3. The van der Waals surface area contributed by atoms with Crippen LogP contribution < -0.4 is 5.32 Å². The number of imidazole rings is 1. The summed E-state index contributed by atoms with van der Waals surface area (Å²) in [6.07, 6.45) is 2.09. The molecule has 1 N–H and O–H groups in total. The summed E-state index contributed by atoms with van der Waals surface area (Å²) in [7, 11) is 0. The van der Waals surface area contributed by atoms with Crippen molar-refractivity contribution in [2.45, 2.75) is 13.8 Å². The monoisotopic (exact) mass is 285 g/mol. The first-order valence-corrected chi connectivity index (χ1v) is 7.05. The minimum atomic E-state index is 0.721. The number of nitrogens with zero attached hydrogens (tertiary/aromatic N) is 2. The van der Waals surface area contributed by atoms with Crippen LogP contribution in [0.5, 0.6) is 0 Å². The molecule has 0 bridgehead atoms. The summed E-state index contributed by atoms with van der Waals surface area (Å²) in [5.74, 6) is 1.01. The van der Waals surface area contributed by atoms with Crippen LogP contribution >= 0.6 is 11.6 Å². The summed E-state index contributed by atoms with van der Waals surface area (Å²) in [6.45, 7) is 5.00. The Labute approximate surface area is 123 Å². The fourth-order valence-electron chi connectivity index (χ4n) is 2.32. The number of rotatable bonds is 3. The van der Waals surface area contributed by atoms with Gasteiger partial charge in [0.25, 0.3) is 0 Å². The summed E-state index contributed by atoms with van der Waals surface area (Å²) in [6, 6.07) is 11.9. The number of anilines is 1. The zero-order valence-corrected chi connectivity index (χ0v) is 12.3. The topological polar surface area (TPSA) is 29.3 Å². The minimum Gasteiger partial charge on any atom is -0.370 e. The summed E-state index contributed by atoms with van der Waals surface area (Å²) in [4.78, 5) is 4.73. The van der Waals surface area contributed by atoms with Crippen molar-refractivity contribution in [2.24, 2.45) is 0 Å². The van der Waals surface area contributed by atoms with Crippen LogP contribution in [0.1, 0.15) is 12.5 Å². The molecule has 0 unspecified atom stereocenters. The van der Waals surface area contributed by atoms with Crippen molar-refractivity contribution >= 4 is 23.1 Å². The largest absolute Gasteiger partial charge is 0.370 e. The van der Waals surface area contributed by atoms with Gasteiger partial charge in [-0.05, 0) is 37.6 Å². The average Bonchev–Trinajstić information content (AvgIpc) is 2.78. The first-order valence-electron chi connectivity index (χ1n) is 6.67. The van der Waals surface area contributed by atoms with Gasteiger partial charge < -0.3 is 5.32 Å². The van der Waals surface area contributed by atoms with E-state index in [0.717, 1.165) is 34.3 Å². The lowest BCUT2D eigenvalue weighted by Crippen LogP contribution is -2.01. The highest BCUT2D eigenvalue weighted by Gasteiger charge is 2.13. The summed E-state index contributed by atoms with van der Waals surface area (Å²) in [5, 5.41) is 4.12. The molecule has 0 atom stereocenters. The molecule has 2 heterocycles. The maximum Gasteiger partial charge on any atom is 0.139 e. The van der Waals surface area contributed by atoms with Gasteiger partial charge in [-0.3, -0.25) is 4.40 Å². The third kappa shape index (κ3) is 2.25. The molecule has 20 heavy (non-hydrogen) atoms. The Kier molecular flexibility index (Phi) is 3.36. The maximum atomic E-state index is 6.09. The lowest BCUT2D eigenvalue weighted by molar-refractivity contribution is 1.10. The SMILES string of the molecule is CCNc1c(-c2cccc(Cl)c2)nc2ccc(C)cn12. The van der Waals surface area contributed by atoms with Crippen LogP contribution in [-0.2, 0) is 0 Å². The van der Waals surface area contributed by atoms with E-state index in [1.54, 1.807) is 0 Å². The normalized spacial score (nSPS) is 10.9. The Balaban J connectivity index is 2.26. The molecule has 0 saturated heterocycles. The van der Waals surface area contributed by atoms with Crippen LogP contribution in [-0.4, -0.2) is 15.9 Å². The quantitative estimate of drug-likeness (QED) is 0.773. The molecule has 3 aromatic rings. The van der Waals surface area contributed by atoms with Gasteiger partial charge in [0.15, 0.2) is 0 Å². The smallest absolute Gasteiger partial charge is 0.139 e.